The van der Waals surface area contributed by atoms with Gasteiger partial charge < -0.3 is 20.3 Å². The number of ether oxygens (including phenoxy) is 1. The maximum atomic E-state index is 9.84. The molecule has 1 fully saturated rings. The Labute approximate surface area is 111 Å². The molecule has 0 amide bonds. The number of aliphatic hydroxyl groups is 2. The van der Waals surface area contributed by atoms with Gasteiger partial charge in [-0.3, -0.25) is 0 Å². The Kier molecular flexibility index (Phi) is 8.59. The van der Waals surface area contributed by atoms with Gasteiger partial charge in [-0.05, 0) is 25.7 Å². The van der Waals surface area contributed by atoms with Crippen LogP contribution in [0, 0.1) is 0 Å². The van der Waals surface area contributed by atoms with E-state index < -0.39 is 6.10 Å². The summed E-state index contributed by atoms with van der Waals surface area (Å²) in [6, 6.07) is 0.291. The molecule has 18 heavy (non-hydrogen) atoms. The highest BCUT2D eigenvalue weighted by molar-refractivity contribution is 4.70. The van der Waals surface area contributed by atoms with Crippen LogP contribution in [0.2, 0.25) is 0 Å². The van der Waals surface area contributed by atoms with E-state index in [4.69, 9.17) is 9.84 Å². The molecule has 0 heterocycles. The van der Waals surface area contributed by atoms with Gasteiger partial charge in [0.2, 0.25) is 0 Å². The van der Waals surface area contributed by atoms with Crippen molar-refractivity contribution in [2.45, 2.75) is 70.1 Å². The lowest BCUT2D eigenvalue weighted by Gasteiger charge is -2.24. The van der Waals surface area contributed by atoms with Crippen molar-refractivity contribution in [3.63, 3.8) is 0 Å². The summed E-state index contributed by atoms with van der Waals surface area (Å²) in [4.78, 5) is 0. The Bertz CT molecular complexity index is 187. The van der Waals surface area contributed by atoms with Crippen molar-refractivity contribution in [1.82, 2.24) is 5.32 Å². The van der Waals surface area contributed by atoms with Crippen LogP contribution in [0.4, 0.5) is 0 Å². The monoisotopic (exact) mass is 259 g/mol. The Morgan fingerprint density at radius 1 is 1.28 bits per heavy atom. The smallest absolute Gasteiger partial charge is 0.0897 e. The summed E-state index contributed by atoms with van der Waals surface area (Å²) >= 11 is 0. The van der Waals surface area contributed by atoms with Crippen molar-refractivity contribution in [3.8, 4) is 0 Å². The van der Waals surface area contributed by atoms with Crippen LogP contribution >= 0.6 is 0 Å². The van der Waals surface area contributed by atoms with E-state index in [1.807, 2.05) is 0 Å². The first-order valence-corrected chi connectivity index (χ1v) is 7.40. The summed E-state index contributed by atoms with van der Waals surface area (Å²) in [5.74, 6) is 0. The predicted molar refractivity (Wildman–Crippen MR) is 72.6 cm³/mol. The van der Waals surface area contributed by atoms with Crippen LogP contribution in [-0.2, 0) is 4.74 Å². The van der Waals surface area contributed by atoms with Gasteiger partial charge in [-0.1, -0.05) is 26.2 Å². The van der Waals surface area contributed by atoms with E-state index in [0.29, 0.717) is 25.3 Å². The molecule has 0 aromatic heterocycles. The fraction of sp³-hybridized carbons (Fsp3) is 1.00. The number of rotatable bonds is 9. The third kappa shape index (κ3) is 6.69. The molecule has 0 saturated heterocycles. The maximum Gasteiger partial charge on any atom is 0.0897 e. The summed E-state index contributed by atoms with van der Waals surface area (Å²) in [6.07, 6.45) is 7.74. The molecule has 1 aliphatic carbocycles. The lowest BCUT2D eigenvalue weighted by molar-refractivity contribution is -0.0237. The van der Waals surface area contributed by atoms with Crippen LogP contribution in [0.15, 0.2) is 0 Å². The standard InChI is InChI=1S/C14H29NO3/c1-2-12(8-9-16)15-10-13(17)11-18-14-6-4-3-5-7-14/h12-17H,2-11H2,1H3. The highest BCUT2D eigenvalue weighted by Crippen LogP contribution is 2.20. The quantitative estimate of drug-likeness (QED) is 0.586. The fourth-order valence-corrected chi connectivity index (χ4v) is 2.45. The summed E-state index contributed by atoms with van der Waals surface area (Å²) in [6.45, 7) is 3.25. The highest BCUT2D eigenvalue weighted by atomic mass is 16.5. The lowest BCUT2D eigenvalue weighted by atomic mass is 9.98. The van der Waals surface area contributed by atoms with Crippen molar-refractivity contribution in [2.75, 3.05) is 19.8 Å². The molecule has 0 bridgehead atoms. The van der Waals surface area contributed by atoms with Crippen LogP contribution in [0.3, 0.4) is 0 Å². The van der Waals surface area contributed by atoms with Crippen molar-refractivity contribution >= 4 is 0 Å². The highest BCUT2D eigenvalue weighted by Gasteiger charge is 2.16. The number of hydrogen-bond donors (Lipinski definition) is 3. The third-order valence-electron chi connectivity index (χ3n) is 3.69. The molecule has 1 saturated carbocycles. The second-order valence-corrected chi connectivity index (χ2v) is 5.27. The molecule has 0 aromatic carbocycles. The minimum atomic E-state index is -0.445. The average molecular weight is 259 g/mol. The largest absolute Gasteiger partial charge is 0.396 e. The Hall–Kier alpha value is -0.160. The maximum absolute atomic E-state index is 9.84. The predicted octanol–water partition coefficient (Wildman–Crippen LogP) is 1.45. The van der Waals surface area contributed by atoms with Gasteiger partial charge in [0.05, 0.1) is 18.8 Å². The van der Waals surface area contributed by atoms with Crippen LogP contribution in [-0.4, -0.2) is 48.2 Å². The van der Waals surface area contributed by atoms with Gasteiger partial charge >= 0.3 is 0 Å². The molecule has 1 aliphatic rings. The molecule has 2 unspecified atom stereocenters. The van der Waals surface area contributed by atoms with Gasteiger partial charge in [-0.15, -0.1) is 0 Å². The van der Waals surface area contributed by atoms with Gasteiger partial charge in [-0.2, -0.15) is 0 Å². The van der Waals surface area contributed by atoms with Crippen LogP contribution in [0.25, 0.3) is 0 Å². The van der Waals surface area contributed by atoms with Gasteiger partial charge in [-0.25, -0.2) is 0 Å². The minimum absolute atomic E-state index is 0.195. The fourth-order valence-electron chi connectivity index (χ4n) is 2.45. The van der Waals surface area contributed by atoms with Crippen LogP contribution in [0.5, 0.6) is 0 Å². The Morgan fingerprint density at radius 3 is 2.61 bits per heavy atom. The minimum Gasteiger partial charge on any atom is -0.396 e. The SMILES string of the molecule is CCC(CCO)NCC(O)COC1CCCCC1. The van der Waals surface area contributed by atoms with E-state index in [1.54, 1.807) is 0 Å². The molecule has 2 atom stereocenters. The molecule has 0 radical (unpaired) electrons. The van der Waals surface area contributed by atoms with E-state index in [1.165, 1.54) is 19.3 Å². The number of aliphatic hydroxyl groups excluding tert-OH is 2. The Morgan fingerprint density at radius 2 is 2.00 bits per heavy atom. The van der Waals surface area contributed by atoms with Crippen molar-refractivity contribution < 1.29 is 14.9 Å². The van der Waals surface area contributed by atoms with Gasteiger partial charge in [0, 0.05) is 19.2 Å². The summed E-state index contributed by atoms with van der Waals surface area (Å²) < 4.78 is 5.73. The second kappa shape index (κ2) is 9.73. The first-order valence-electron chi connectivity index (χ1n) is 7.40. The Balaban J connectivity index is 2.06. The summed E-state index contributed by atoms with van der Waals surface area (Å²) in [5.41, 5.74) is 0. The first-order chi connectivity index (χ1) is 8.76. The van der Waals surface area contributed by atoms with E-state index in [2.05, 4.69) is 12.2 Å². The zero-order chi connectivity index (χ0) is 13.2. The molecule has 0 aromatic rings. The topological polar surface area (TPSA) is 61.7 Å². The molecule has 3 N–H and O–H groups in total. The number of nitrogens with one attached hydrogen (secondary N) is 1. The lowest BCUT2D eigenvalue weighted by Crippen LogP contribution is -2.38. The van der Waals surface area contributed by atoms with Gasteiger partial charge in [0.25, 0.3) is 0 Å². The molecule has 0 aliphatic heterocycles. The number of hydrogen-bond acceptors (Lipinski definition) is 4. The second-order valence-electron chi connectivity index (χ2n) is 5.27. The zero-order valence-electron chi connectivity index (χ0n) is 11.6. The summed E-state index contributed by atoms with van der Waals surface area (Å²) in [7, 11) is 0. The van der Waals surface area contributed by atoms with Crippen LogP contribution in [0.1, 0.15) is 51.9 Å². The van der Waals surface area contributed by atoms with E-state index in [-0.39, 0.29) is 6.61 Å². The zero-order valence-corrected chi connectivity index (χ0v) is 11.6. The van der Waals surface area contributed by atoms with Crippen molar-refractivity contribution in [2.24, 2.45) is 0 Å². The van der Waals surface area contributed by atoms with Gasteiger partial charge in [0.1, 0.15) is 0 Å². The normalized spacial score (nSPS) is 20.8. The van der Waals surface area contributed by atoms with Crippen molar-refractivity contribution in [1.29, 1.82) is 0 Å². The molecule has 1 rings (SSSR count). The molecule has 4 nitrogen and oxygen atoms in total. The first kappa shape index (κ1) is 15.9. The van der Waals surface area contributed by atoms with E-state index in [0.717, 1.165) is 25.7 Å². The van der Waals surface area contributed by atoms with Gasteiger partial charge in [0.15, 0.2) is 0 Å². The van der Waals surface area contributed by atoms with E-state index in [9.17, 15) is 5.11 Å². The molecular formula is C14H29NO3. The van der Waals surface area contributed by atoms with Crippen molar-refractivity contribution in [3.05, 3.63) is 0 Å². The molecule has 4 heteroatoms. The molecule has 108 valence electrons. The molecular weight excluding hydrogens is 230 g/mol. The van der Waals surface area contributed by atoms with Crippen LogP contribution < -0.4 is 5.32 Å². The molecule has 0 spiro atoms. The third-order valence-corrected chi connectivity index (χ3v) is 3.69. The van der Waals surface area contributed by atoms with E-state index >= 15 is 0 Å². The average Bonchev–Trinajstić information content (AvgIpc) is 2.42. The summed E-state index contributed by atoms with van der Waals surface area (Å²) in [5, 5.41) is 22.0.